The van der Waals surface area contributed by atoms with Crippen LogP contribution in [0.1, 0.15) is 39.0 Å². The average molecular weight is 241 g/mol. The summed E-state index contributed by atoms with van der Waals surface area (Å²) in [7, 11) is 0. The molecule has 2 atom stereocenters. The van der Waals surface area contributed by atoms with Crippen molar-refractivity contribution in [3.8, 4) is 0 Å². The number of aliphatic carboxylic acids is 1. The molecule has 0 bridgehead atoms. The van der Waals surface area contributed by atoms with Crippen molar-refractivity contribution in [1.82, 2.24) is 0 Å². The van der Waals surface area contributed by atoms with Gasteiger partial charge in [-0.25, -0.2) is 0 Å². The van der Waals surface area contributed by atoms with Crippen LogP contribution in [-0.4, -0.2) is 29.2 Å². The molecule has 17 heavy (non-hydrogen) atoms. The van der Waals surface area contributed by atoms with Crippen LogP contribution in [0.3, 0.4) is 0 Å². The summed E-state index contributed by atoms with van der Waals surface area (Å²) in [5.41, 5.74) is 3.65. The van der Waals surface area contributed by atoms with Crippen molar-refractivity contribution < 1.29 is 19.4 Å². The Morgan fingerprint density at radius 1 is 1.47 bits per heavy atom. The van der Waals surface area contributed by atoms with E-state index in [1.54, 1.807) is 0 Å². The van der Waals surface area contributed by atoms with Crippen LogP contribution in [0, 0.1) is 11.3 Å². The van der Waals surface area contributed by atoms with E-state index in [0.29, 0.717) is 19.4 Å². The summed E-state index contributed by atoms with van der Waals surface area (Å²) in [5, 5.41) is 9.27. The highest BCUT2D eigenvalue weighted by molar-refractivity contribution is 6.01. The number of primary amides is 1. The van der Waals surface area contributed by atoms with E-state index in [9.17, 15) is 14.7 Å². The lowest BCUT2D eigenvalue weighted by atomic mass is 9.64. The number of amides is 1. The van der Waals surface area contributed by atoms with Gasteiger partial charge in [-0.15, -0.1) is 0 Å². The number of nitrogens with two attached hydrogens (primary N) is 1. The smallest absolute Gasteiger partial charge is 0.319 e. The third-order valence-electron chi connectivity index (χ3n) is 4.53. The summed E-state index contributed by atoms with van der Waals surface area (Å²) in [6.07, 6.45) is 4.29. The van der Waals surface area contributed by atoms with E-state index in [0.717, 1.165) is 19.3 Å². The fraction of sp³-hybridized carbons (Fsp3) is 0.833. The molecule has 1 saturated carbocycles. The Hall–Kier alpha value is -1.10. The molecule has 1 saturated heterocycles. The van der Waals surface area contributed by atoms with Crippen molar-refractivity contribution in [3.05, 3.63) is 0 Å². The van der Waals surface area contributed by atoms with Crippen molar-refractivity contribution in [2.24, 2.45) is 17.1 Å². The summed E-state index contributed by atoms with van der Waals surface area (Å²) in [4.78, 5) is 22.8. The molecule has 96 valence electrons. The topological polar surface area (TPSA) is 89.6 Å². The number of carbonyl (C=O) groups excluding carboxylic acids is 1. The molecule has 0 aromatic carbocycles. The highest BCUT2D eigenvalue weighted by atomic mass is 16.5. The molecule has 2 aliphatic rings. The lowest BCUT2D eigenvalue weighted by Crippen LogP contribution is -2.54. The summed E-state index contributed by atoms with van der Waals surface area (Å²) in [5.74, 6) is -2.08. The van der Waals surface area contributed by atoms with Gasteiger partial charge in [-0.3, -0.25) is 9.59 Å². The van der Waals surface area contributed by atoms with Gasteiger partial charge in [-0.05, 0) is 44.9 Å². The molecule has 0 aromatic rings. The van der Waals surface area contributed by atoms with Crippen LogP contribution in [0.25, 0.3) is 0 Å². The Labute approximate surface area is 100 Å². The molecule has 1 amide bonds. The van der Waals surface area contributed by atoms with Gasteiger partial charge in [0.1, 0.15) is 5.41 Å². The normalized spacial score (nSPS) is 30.3. The predicted molar refractivity (Wildman–Crippen MR) is 60.2 cm³/mol. The first kappa shape index (κ1) is 12.4. The van der Waals surface area contributed by atoms with Crippen LogP contribution in [0.2, 0.25) is 0 Å². The zero-order valence-corrected chi connectivity index (χ0v) is 10.1. The Balaban J connectivity index is 2.19. The van der Waals surface area contributed by atoms with Gasteiger partial charge in [0.05, 0.1) is 5.60 Å². The first-order valence-electron chi connectivity index (χ1n) is 6.08. The predicted octanol–water partition coefficient (Wildman–Crippen LogP) is 0.912. The number of carbonyl (C=O) groups is 2. The van der Waals surface area contributed by atoms with Crippen molar-refractivity contribution in [2.75, 3.05) is 6.61 Å². The van der Waals surface area contributed by atoms with E-state index in [1.807, 2.05) is 0 Å². The number of rotatable bonds is 3. The van der Waals surface area contributed by atoms with Crippen molar-refractivity contribution in [3.63, 3.8) is 0 Å². The number of carboxylic acids is 1. The van der Waals surface area contributed by atoms with E-state index in [1.165, 1.54) is 6.92 Å². The van der Waals surface area contributed by atoms with Gasteiger partial charge in [-0.1, -0.05) is 0 Å². The monoisotopic (exact) mass is 241 g/mol. The van der Waals surface area contributed by atoms with E-state index in [4.69, 9.17) is 10.5 Å². The second kappa shape index (κ2) is 3.98. The standard InChI is InChI=1S/C12H19NO4/c1-11(9(13)14,10(15)16)8-3-6-17-12(7-8)4-2-5-12/h8H,2-7H2,1H3,(H2,13,14)(H,15,16). The lowest BCUT2D eigenvalue weighted by molar-refractivity contribution is -0.177. The molecule has 2 fully saturated rings. The summed E-state index contributed by atoms with van der Waals surface area (Å²) < 4.78 is 5.74. The van der Waals surface area contributed by atoms with Crippen LogP contribution in [0.15, 0.2) is 0 Å². The molecular weight excluding hydrogens is 222 g/mol. The van der Waals surface area contributed by atoms with Crippen molar-refractivity contribution in [2.45, 2.75) is 44.6 Å². The highest BCUT2D eigenvalue weighted by Gasteiger charge is 2.53. The maximum absolute atomic E-state index is 11.5. The summed E-state index contributed by atoms with van der Waals surface area (Å²) in [6, 6.07) is 0. The van der Waals surface area contributed by atoms with Crippen LogP contribution >= 0.6 is 0 Å². The SMILES string of the molecule is CC(C(N)=O)(C(=O)O)C1CCOC2(CCC2)C1. The summed E-state index contributed by atoms with van der Waals surface area (Å²) in [6.45, 7) is 1.97. The number of hydrogen-bond donors (Lipinski definition) is 2. The minimum absolute atomic E-state index is 0.172. The molecule has 1 aliphatic heterocycles. The second-order valence-electron chi connectivity index (χ2n) is 5.45. The second-order valence-corrected chi connectivity index (χ2v) is 5.45. The molecule has 5 heteroatoms. The van der Waals surface area contributed by atoms with Crippen molar-refractivity contribution in [1.29, 1.82) is 0 Å². The van der Waals surface area contributed by atoms with Gasteiger partial charge in [-0.2, -0.15) is 0 Å². The van der Waals surface area contributed by atoms with Crippen LogP contribution in [0.5, 0.6) is 0 Å². The minimum Gasteiger partial charge on any atom is -0.480 e. The van der Waals surface area contributed by atoms with Crippen LogP contribution in [-0.2, 0) is 14.3 Å². The number of hydrogen-bond acceptors (Lipinski definition) is 3. The Morgan fingerprint density at radius 3 is 2.53 bits per heavy atom. The molecule has 1 heterocycles. The molecule has 2 rings (SSSR count). The molecule has 5 nitrogen and oxygen atoms in total. The van der Waals surface area contributed by atoms with Gasteiger partial charge in [0, 0.05) is 6.61 Å². The number of ether oxygens (including phenoxy) is 1. The average Bonchev–Trinajstić information content (AvgIpc) is 2.25. The lowest BCUT2D eigenvalue weighted by Gasteiger charge is -2.49. The third-order valence-corrected chi connectivity index (χ3v) is 4.53. The molecule has 1 aliphatic carbocycles. The van der Waals surface area contributed by atoms with Gasteiger partial charge in [0.15, 0.2) is 0 Å². The Bertz CT molecular complexity index is 334. The Kier molecular flexibility index (Phi) is 2.89. The third kappa shape index (κ3) is 1.82. The van der Waals surface area contributed by atoms with Crippen LogP contribution < -0.4 is 5.73 Å². The molecule has 0 radical (unpaired) electrons. The van der Waals surface area contributed by atoms with Crippen molar-refractivity contribution >= 4 is 11.9 Å². The fourth-order valence-corrected chi connectivity index (χ4v) is 2.92. The maximum Gasteiger partial charge on any atom is 0.319 e. The first-order valence-corrected chi connectivity index (χ1v) is 6.08. The fourth-order valence-electron chi connectivity index (χ4n) is 2.92. The molecule has 0 aromatic heterocycles. The Morgan fingerprint density at radius 2 is 2.12 bits per heavy atom. The quantitative estimate of drug-likeness (QED) is 0.719. The zero-order chi connectivity index (χ0) is 12.7. The van der Waals surface area contributed by atoms with E-state index in [2.05, 4.69) is 0 Å². The summed E-state index contributed by atoms with van der Waals surface area (Å²) >= 11 is 0. The number of carboxylic acid groups (broad SMARTS) is 1. The maximum atomic E-state index is 11.5. The van der Waals surface area contributed by atoms with E-state index in [-0.39, 0.29) is 11.5 Å². The molecular formula is C12H19NO4. The molecule has 3 N–H and O–H groups in total. The zero-order valence-electron chi connectivity index (χ0n) is 10.1. The van der Waals surface area contributed by atoms with E-state index < -0.39 is 17.3 Å². The molecule has 2 unspecified atom stereocenters. The first-order chi connectivity index (χ1) is 7.91. The van der Waals surface area contributed by atoms with E-state index >= 15 is 0 Å². The van der Waals surface area contributed by atoms with Crippen LogP contribution in [0.4, 0.5) is 0 Å². The van der Waals surface area contributed by atoms with Gasteiger partial charge in [0.2, 0.25) is 5.91 Å². The van der Waals surface area contributed by atoms with Gasteiger partial charge >= 0.3 is 5.97 Å². The molecule has 1 spiro atoms. The largest absolute Gasteiger partial charge is 0.480 e. The minimum atomic E-state index is -1.47. The van der Waals surface area contributed by atoms with Gasteiger partial charge in [0.25, 0.3) is 0 Å². The van der Waals surface area contributed by atoms with Gasteiger partial charge < -0.3 is 15.6 Å². The highest BCUT2D eigenvalue weighted by Crippen LogP contribution is 2.48.